The quantitative estimate of drug-likeness (QED) is 0.429. The van der Waals surface area contributed by atoms with Crippen molar-refractivity contribution in [2.45, 2.75) is 39.7 Å². The van der Waals surface area contributed by atoms with E-state index in [0.717, 1.165) is 56.6 Å². The summed E-state index contributed by atoms with van der Waals surface area (Å²) >= 11 is 0. The summed E-state index contributed by atoms with van der Waals surface area (Å²) in [5.41, 5.74) is 1.14. The van der Waals surface area contributed by atoms with Gasteiger partial charge >= 0.3 is 0 Å². The Labute approximate surface area is 152 Å². The van der Waals surface area contributed by atoms with Crippen LogP contribution in [0.15, 0.2) is 23.3 Å². The monoisotopic (exact) mass is 346 g/mol. The van der Waals surface area contributed by atoms with Crippen LogP contribution in [0.25, 0.3) is 0 Å². The molecule has 1 aromatic heterocycles. The zero-order valence-corrected chi connectivity index (χ0v) is 16.1. The minimum Gasteiger partial charge on any atom is -0.357 e. The lowest BCUT2D eigenvalue weighted by Crippen LogP contribution is -2.44. The molecule has 0 atom stereocenters. The molecule has 6 nitrogen and oxygen atoms in total. The molecule has 1 aliphatic rings. The fraction of sp³-hybridized carbons (Fsp3) is 0.684. The van der Waals surface area contributed by atoms with Gasteiger partial charge in [0.05, 0.1) is 6.54 Å². The summed E-state index contributed by atoms with van der Waals surface area (Å²) in [5.74, 6) is 1.96. The highest BCUT2D eigenvalue weighted by Gasteiger charge is 2.14. The molecular weight excluding hydrogens is 312 g/mol. The van der Waals surface area contributed by atoms with Crippen molar-refractivity contribution in [3.05, 3.63) is 23.9 Å². The Morgan fingerprint density at radius 3 is 2.56 bits per heavy atom. The van der Waals surface area contributed by atoms with Gasteiger partial charge in [0.25, 0.3) is 0 Å². The maximum atomic E-state index is 4.67. The van der Waals surface area contributed by atoms with Crippen molar-refractivity contribution < 1.29 is 0 Å². The number of hydrogen-bond donors (Lipinski definition) is 2. The van der Waals surface area contributed by atoms with Crippen LogP contribution in [0.1, 0.15) is 38.7 Å². The maximum Gasteiger partial charge on any atom is 0.191 e. The maximum absolute atomic E-state index is 4.67. The number of unbranched alkanes of at least 4 members (excludes halogenated alkanes) is 2. The van der Waals surface area contributed by atoms with E-state index in [1.807, 2.05) is 6.20 Å². The van der Waals surface area contributed by atoms with Crippen molar-refractivity contribution in [1.82, 2.24) is 20.5 Å². The number of anilines is 1. The molecule has 0 aliphatic carbocycles. The minimum atomic E-state index is 0.652. The van der Waals surface area contributed by atoms with Crippen LogP contribution in [0.5, 0.6) is 0 Å². The first kappa shape index (κ1) is 19.5. The normalized spacial score (nSPS) is 16.1. The van der Waals surface area contributed by atoms with E-state index < -0.39 is 0 Å². The van der Waals surface area contributed by atoms with E-state index >= 15 is 0 Å². The number of rotatable bonds is 8. The van der Waals surface area contributed by atoms with Crippen LogP contribution < -0.4 is 15.5 Å². The first-order valence-corrected chi connectivity index (χ1v) is 9.63. The molecule has 2 heterocycles. The first-order valence-electron chi connectivity index (χ1n) is 9.63. The van der Waals surface area contributed by atoms with E-state index in [-0.39, 0.29) is 0 Å². The number of guanidine groups is 1. The van der Waals surface area contributed by atoms with Gasteiger partial charge in [-0.3, -0.25) is 0 Å². The first-order chi connectivity index (χ1) is 12.2. The summed E-state index contributed by atoms with van der Waals surface area (Å²) in [4.78, 5) is 14.0. The number of nitrogens with one attached hydrogen (secondary N) is 2. The van der Waals surface area contributed by atoms with Gasteiger partial charge in [0.1, 0.15) is 5.82 Å². The predicted octanol–water partition coefficient (Wildman–Crippen LogP) is 2.08. The van der Waals surface area contributed by atoms with Gasteiger partial charge < -0.3 is 20.4 Å². The Morgan fingerprint density at radius 2 is 1.92 bits per heavy atom. The van der Waals surface area contributed by atoms with Gasteiger partial charge in [-0.1, -0.05) is 25.8 Å². The average molecular weight is 347 g/mol. The number of aromatic nitrogens is 1. The van der Waals surface area contributed by atoms with Gasteiger partial charge in [0, 0.05) is 45.5 Å². The summed E-state index contributed by atoms with van der Waals surface area (Å²) in [5, 5.41) is 6.70. The SMILES string of the molecule is CCCCCNC(=NCc1ccc(N2CCN(C)CC2)nc1)NCC. The van der Waals surface area contributed by atoms with E-state index in [1.54, 1.807) is 0 Å². The summed E-state index contributed by atoms with van der Waals surface area (Å²) in [7, 11) is 2.17. The molecule has 0 radical (unpaired) electrons. The van der Waals surface area contributed by atoms with E-state index in [2.05, 4.69) is 63.4 Å². The second-order valence-corrected chi connectivity index (χ2v) is 6.64. The summed E-state index contributed by atoms with van der Waals surface area (Å²) < 4.78 is 0. The molecule has 6 heteroatoms. The zero-order valence-electron chi connectivity index (χ0n) is 16.1. The van der Waals surface area contributed by atoms with Crippen LogP contribution >= 0.6 is 0 Å². The standard InChI is InChI=1S/C19H34N6/c1-4-6-7-10-21-19(20-5-2)23-16-17-8-9-18(22-15-17)25-13-11-24(3)12-14-25/h8-9,15H,4-7,10-14,16H2,1-3H3,(H2,20,21,23). The second-order valence-electron chi connectivity index (χ2n) is 6.64. The smallest absolute Gasteiger partial charge is 0.191 e. The van der Waals surface area contributed by atoms with Gasteiger partial charge in [-0.15, -0.1) is 0 Å². The fourth-order valence-corrected chi connectivity index (χ4v) is 2.83. The Balaban J connectivity index is 1.85. The van der Waals surface area contributed by atoms with Crippen molar-refractivity contribution in [2.75, 3.05) is 51.2 Å². The highest BCUT2D eigenvalue weighted by atomic mass is 15.3. The third-order valence-electron chi connectivity index (χ3n) is 4.47. The summed E-state index contributed by atoms with van der Waals surface area (Å²) in [6.07, 6.45) is 5.63. The van der Waals surface area contributed by atoms with E-state index in [9.17, 15) is 0 Å². The van der Waals surface area contributed by atoms with E-state index in [4.69, 9.17) is 0 Å². The highest BCUT2D eigenvalue weighted by molar-refractivity contribution is 5.79. The van der Waals surface area contributed by atoms with Gasteiger partial charge in [-0.05, 0) is 32.0 Å². The molecule has 2 N–H and O–H groups in total. The Hall–Kier alpha value is -1.82. The Bertz CT molecular complexity index is 505. The largest absolute Gasteiger partial charge is 0.357 e. The molecule has 0 saturated carbocycles. The molecule has 0 spiro atoms. The topological polar surface area (TPSA) is 55.8 Å². The molecule has 0 aromatic carbocycles. The molecule has 2 rings (SSSR count). The molecule has 1 aromatic rings. The van der Waals surface area contributed by atoms with Crippen molar-refractivity contribution in [3.8, 4) is 0 Å². The molecule has 0 amide bonds. The second kappa shape index (κ2) is 10.9. The third kappa shape index (κ3) is 6.90. The van der Waals surface area contributed by atoms with E-state index in [0.29, 0.717) is 6.54 Å². The number of pyridine rings is 1. The molecule has 25 heavy (non-hydrogen) atoms. The number of likely N-dealkylation sites (N-methyl/N-ethyl adjacent to an activating group) is 1. The number of nitrogens with zero attached hydrogens (tertiary/aromatic N) is 4. The van der Waals surface area contributed by atoms with Crippen LogP contribution in [-0.4, -0.2) is 62.2 Å². The predicted molar refractivity (Wildman–Crippen MR) is 106 cm³/mol. The van der Waals surface area contributed by atoms with Crippen molar-refractivity contribution in [1.29, 1.82) is 0 Å². The fourth-order valence-electron chi connectivity index (χ4n) is 2.83. The molecule has 1 aliphatic heterocycles. The van der Waals surface area contributed by atoms with Crippen LogP contribution in [0, 0.1) is 0 Å². The van der Waals surface area contributed by atoms with Gasteiger partial charge in [-0.2, -0.15) is 0 Å². The van der Waals surface area contributed by atoms with Gasteiger partial charge in [0.2, 0.25) is 0 Å². The van der Waals surface area contributed by atoms with Crippen molar-refractivity contribution in [3.63, 3.8) is 0 Å². The Kier molecular flexibility index (Phi) is 8.52. The van der Waals surface area contributed by atoms with Crippen LogP contribution in [0.3, 0.4) is 0 Å². The van der Waals surface area contributed by atoms with Crippen LogP contribution in [0.4, 0.5) is 5.82 Å². The van der Waals surface area contributed by atoms with Crippen molar-refractivity contribution >= 4 is 11.8 Å². The lowest BCUT2D eigenvalue weighted by atomic mass is 10.2. The summed E-state index contributed by atoms with van der Waals surface area (Å²) in [6, 6.07) is 4.27. The van der Waals surface area contributed by atoms with Crippen molar-refractivity contribution in [2.24, 2.45) is 4.99 Å². The molecule has 1 fully saturated rings. The molecular formula is C19H34N6. The molecule has 1 saturated heterocycles. The summed E-state index contributed by atoms with van der Waals surface area (Å²) in [6.45, 7) is 11.1. The lowest BCUT2D eigenvalue weighted by Gasteiger charge is -2.33. The minimum absolute atomic E-state index is 0.652. The molecule has 0 unspecified atom stereocenters. The number of piperazine rings is 1. The van der Waals surface area contributed by atoms with Crippen LogP contribution in [0.2, 0.25) is 0 Å². The average Bonchev–Trinajstić information content (AvgIpc) is 2.64. The van der Waals surface area contributed by atoms with Gasteiger partial charge in [-0.25, -0.2) is 9.98 Å². The zero-order chi connectivity index (χ0) is 17.9. The van der Waals surface area contributed by atoms with E-state index in [1.165, 1.54) is 19.3 Å². The van der Waals surface area contributed by atoms with Crippen LogP contribution in [-0.2, 0) is 6.54 Å². The third-order valence-corrected chi connectivity index (χ3v) is 4.47. The lowest BCUT2D eigenvalue weighted by molar-refractivity contribution is 0.312. The van der Waals surface area contributed by atoms with Gasteiger partial charge in [0.15, 0.2) is 5.96 Å². The highest BCUT2D eigenvalue weighted by Crippen LogP contribution is 2.14. The molecule has 140 valence electrons. The number of aliphatic imine (C=N–C) groups is 1. The number of hydrogen-bond acceptors (Lipinski definition) is 4. The molecule has 0 bridgehead atoms. The Morgan fingerprint density at radius 1 is 1.12 bits per heavy atom.